The number of benzene rings is 2. The zero-order chi connectivity index (χ0) is 23.1. The first-order chi connectivity index (χ1) is 16.0. The van der Waals surface area contributed by atoms with Crippen LogP contribution in [-0.2, 0) is 16.1 Å². The summed E-state index contributed by atoms with van der Waals surface area (Å²) in [5.41, 5.74) is 4.18. The topological polar surface area (TPSA) is 79.4 Å². The van der Waals surface area contributed by atoms with Crippen LogP contribution in [-0.4, -0.2) is 54.0 Å². The van der Waals surface area contributed by atoms with E-state index in [-0.39, 0.29) is 11.8 Å². The highest BCUT2D eigenvalue weighted by Crippen LogP contribution is 2.39. The summed E-state index contributed by atoms with van der Waals surface area (Å²) in [5, 5.41) is 4.34. The molecule has 3 heterocycles. The number of ether oxygens (including phenoxy) is 1. The van der Waals surface area contributed by atoms with Crippen molar-refractivity contribution in [2.24, 2.45) is 0 Å². The zero-order valence-electron chi connectivity index (χ0n) is 18.9. The van der Waals surface area contributed by atoms with E-state index in [0.29, 0.717) is 11.1 Å². The van der Waals surface area contributed by atoms with Gasteiger partial charge in [-0.05, 0) is 45.3 Å². The molecule has 0 spiro atoms. The first kappa shape index (κ1) is 21.0. The normalized spacial score (nSPS) is 14.2. The molecular weight excluding hydrogens is 416 g/mol. The summed E-state index contributed by atoms with van der Waals surface area (Å²) in [5.74, 6) is 0.00371. The highest BCUT2D eigenvalue weighted by Gasteiger charge is 2.35. The Hall–Kier alpha value is -3.84. The van der Waals surface area contributed by atoms with Crippen molar-refractivity contribution in [2.75, 3.05) is 27.7 Å². The van der Waals surface area contributed by atoms with E-state index < -0.39 is 0 Å². The molecule has 0 bridgehead atoms. The van der Waals surface area contributed by atoms with E-state index in [2.05, 4.69) is 33.9 Å². The Labute approximate surface area is 191 Å². The molecule has 0 aliphatic carbocycles. The van der Waals surface area contributed by atoms with Crippen molar-refractivity contribution in [2.45, 2.75) is 13.0 Å². The number of hydrogen-bond acceptors (Lipinski definition) is 4. The third-order valence-electron chi connectivity index (χ3n) is 6.15. The molecule has 2 amide bonds. The molecule has 0 saturated carbocycles. The second-order valence-electron chi connectivity index (χ2n) is 8.56. The average Bonchev–Trinajstić information content (AvgIpc) is 3.46. The first-order valence-corrected chi connectivity index (χ1v) is 11.0. The summed E-state index contributed by atoms with van der Waals surface area (Å²) >= 11 is 0. The van der Waals surface area contributed by atoms with Crippen molar-refractivity contribution in [1.29, 1.82) is 0 Å². The molecule has 1 aliphatic rings. The summed E-state index contributed by atoms with van der Waals surface area (Å²) in [4.78, 5) is 31.4. The Balaban J connectivity index is 1.72. The van der Waals surface area contributed by atoms with Crippen LogP contribution >= 0.6 is 0 Å². The number of fused-ring (bicyclic) bond motifs is 2. The van der Waals surface area contributed by atoms with Crippen LogP contribution in [0, 0.1) is 0 Å². The van der Waals surface area contributed by atoms with Gasteiger partial charge in [-0.25, -0.2) is 0 Å². The molecule has 2 N–H and O–H groups in total. The van der Waals surface area contributed by atoms with Gasteiger partial charge in [0.1, 0.15) is 5.75 Å². The molecule has 0 saturated heterocycles. The highest BCUT2D eigenvalue weighted by molar-refractivity contribution is 6.50. The summed E-state index contributed by atoms with van der Waals surface area (Å²) < 4.78 is 7.60. The van der Waals surface area contributed by atoms with Crippen molar-refractivity contribution in [3.05, 3.63) is 66.0 Å². The Morgan fingerprint density at radius 1 is 0.970 bits per heavy atom. The standard InChI is InChI=1S/C26H26N4O3/c1-29(2)11-6-12-30-15-20(18-10-9-16(33-3)13-22(18)30)24-23(25(31)28-26(24)32)19-14-27-21-8-5-4-7-17(19)21/h4-5,7-10,13-15,27H,6,11-12H2,1-3H3,(H,28,31,32). The molecule has 7 nitrogen and oxygen atoms in total. The van der Waals surface area contributed by atoms with Gasteiger partial charge in [-0.3, -0.25) is 14.9 Å². The fourth-order valence-corrected chi connectivity index (χ4v) is 4.59. The van der Waals surface area contributed by atoms with E-state index >= 15 is 0 Å². The van der Waals surface area contributed by atoms with Crippen molar-refractivity contribution >= 4 is 44.8 Å². The predicted molar refractivity (Wildman–Crippen MR) is 130 cm³/mol. The zero-order valence-corrected chi connectivity index (χ0v) is 18.9. The van der Waals surface area contributed by atoms with Gasteiger partial charge in [0.2, 0.25) is 0 Å². The molecule has 0 radical (unpaired) electrons. The number of hydrogen-bond donors (Lipinski definition) is 2. The van der Waals surface area contributed by atoms with Gasteiger partial charge in [0, 0.05) is 52.4 Å². The molecule has 0 atom stereocenters. The van der Waals surface area contributed by atoms with Crippen molar-refractivity contribution < 1.29 is 14.3 Å². The van der Waals surface area contributed by atoms with Crippen LogP contribution in [0.25, 0.3) is 33.0 Å². The van der Waals surface area contributed by atoms with E-state index in [0.717, 1.165) is 58.2 Å². The number of para-hydroxylation sites is 1. The minimum absolute atomic E-state index is 0.372. The van der Waals surface area contributed by atoms with Gasteiger partial charge in [-0.1, -0.05) is 18.2 Å². The fourth-order valence-electron chi connectivity index (χ4n) is 4.59. The number of amides is 2. The molecular formula is C26H26N4O3. The maximum absolute atomic E-state index is 13.1. The van der Waals surface area contributed by atoms with E-state index in [1.54, 1.807) is 13.3 Å². The number of nitrogens with zero attached hydrogens (tertiary/aromatic N) is 2. The average molecular weight is 443 g/mol. The Morgan fingerprint density at radius 3 is 2.48 bits per heavy atom. The smallest absolute Gasteiger partial charge is 0.259 e. The van der Waals surface area contributed by atoms with Crippen LogP contribution in [0.5, 0.6) is 5.75 Å². The number of carbonyl (C=O) groups is 2. The molecule has 168 valence electrons. The number of aromatic amines is 1. The predicted octanol–water partition coefficient (Wildman–Crippen LogP) is 3.65. The van der Waals surface area contributed by atoms with E-state index in [1.165, 1.54) is 0 Å². The van der Waals surface area contributed by atoms with Gasteiger partial charge in [0.15, 0.2) is 0 Å². The summed E-state index contributed by atoms with van der Waals surface area (Å²) in [6.07, 6.45) is 4.74. The number of nitrogens with one attached hydrogen (secondary N) is 2. The molecule has 0 unspecified atom stereocenters. The van der Waals surface area contributed by atoms with Crippen molar-refractivity contribution in [1.82, 2.24) is 19.8 Å². The van der Waals surface area contributed by atoms with Gasteiger partial charge < -0.3 is 19.2 Å². The lowest BCUT2D eigenvalue weighted by Crippen LogP contribution is -2.22. The summed E-state index contributed by atoms with van der Waals surface area (Å²) in [6.45, 7) is 1.73. The molecule has 2 aromatic carbocycles. The van der Waals surface area contributed by atoms with Gasteiger partial charge in [0.25, 0.3) is 11.8 Å². The Kier molecular flexibility index (Phi) is 5.26. The van der Waals surface area contributed by atoms with Crippen LogP contribution in [0.15, 0.2) is 54.9 Å². The maximum Gasteiger partial charge on any atom is 0.259 e. The van der Waals surface area contributed by atoms with Gasteiger partial charge >= 0.3 is 0 Å². The third kappa shape index (κ3) is 3.60. The van der Waals surface area contributed by atoms with E-state index in [1.807, 2.05) is 48.7 Å². The molecule has 5 rings (SSSR count). The quantitative estimate of drug-likeness (QED) is 0.428. The minimum atomic E-state index is -0.373. The number of imide groups is 1. The minimum Gasteiger partial charge on any atom is -0.497 e. The van der Waals surface area contributed by atoms with Crippen LogP contribution in [0.4, 0.5) is 0 Å². The van der Waals surface area contributed by atoms with Gasteiger partial charge in [0.05, 0.1) is 23.8 Å². The lowest BCUT2D eigenvalue weighted by molar-refractivity contribution is -0.122. The number of methoxy groups -OCH3 is 1. The second kappa shape index (κ2) is 8.26. The van der Waals surface area contributed by atoms with Crippen LogP contribution in [0.3, 0.4) is 0 Å². The van der Waals surface area contributed by atoms with Crippen LogP contribution in [0.2, 0.25) is 0 Å². The van der Waals surface area contributed by atoms with Crippen LogP contribution < -0.4 is 10.1 Å². The number of carbonyl (C=O) groups excluding carboxylic acids is 2. The molecule has 2 aromatic heterocycles. The van der Waals surface area contributed by atoms with E-state index in [4.69, 9.17) is 4.74 Å². The fraction of sp³-hybridized carbons (Fsp3) is 0.231. The largest absolute Gasteiger partial charge is 0.497 e. The van der Waals surface area contributed by atoms with Crippen molar-refractivity contribution in [3.63, 3.8) is 0 Å². The molecule has 0 fully saturated rings. The molecule has 7 heteroatoms. The van der Waals surface area contributed by atoms with Gasteiger partial charge in [-0.15, -0.1) is 0 Å². The summed E-state index contributed by atoms with van der Waals surface area (Å²) in [7, 11) is 5.74. The monoisotopic (exact) mass is 442 g/mol. The lowest BCUT2D eigenvalue weighted by Gasteiger charge is -2.10. The van der Waals surface area contributed by atoms with E-state index in [9.17, 15) is 9.59 Å². The Morgan fingerprint density at radius 2 is 1.73 bits per heavy atom. The summed E-state index contributed by atoms with van der Waals surface area (Å²) in [6, 6.07) is 13.6. The lowest BCUT2D eigenvalue weighted by atomic mass is 9.95. The molecule has 1 aliphatic heterocycles. The third-order valence-corrected chi connectivity index (χ3v) is 6.15. The number of aryl methyl sites for hydroxylation is 1. The first-order valence-electron chi connectivity index (χ1n) is 11.0. The number of aromatic nitrogens is 2. The number of rotatable bonds is 7. The maximum atomic E-state index is 13.1. The molecule has 33 heavy (non-hydrogen) atoms. The molecule has 4 aromatic rings. The number of H-pyrrole nitrogens is 1. The second-order valence-corrected chi connectivity index (χ2v) is 8.56. The van der Waals surface area contributed by atoms with Crippen molar-refractivity contribution in [3.8, 4) is 5.75 Å². The highest BCUT2D eigenvalue weighted by atomic mass is 16.5. The SMILES string of the molecule is COc1ccc2c(C3=C(c4c[nH]c5ccccc45)C(=O)NC3=O)cn(CCCN(C)C)c2c1. The Bertz CT molecular complexity index is 1420. The van der Waals surface area contributed by atoms with Crippen LogP contribution in [0.1, 0.15) is 17.5 Å². The van der Waals surface area contributed by atoms with Gasteiger partial charge in [-0.2, -0.15) is 0 Å².